The molecule has 5 heteroatoms. The summed E-state index contributed by atoms with van der Waals surface area (Å²) < 4.78 is 5.49. The summed E-state index contributed by atoms with van der Waals surface area (Å²) >= 11 is 0. The molecule has 168 valence electrons. The van der Waals surface area contributed by atoms with Crippen LogP contribution in [-0.2, 0) is 16.1 Å². The van der Waals surface area contributed by atoms with E-state index in [-0.39, 0.29) is 11.9 Å². The summed E-state index contributed by atoms with van der Waals surface area (Å²) in [6, 6.07) is 16.9. The highest BCUT2D eigenvalue weighted by molar-refractivity contribution is 5.94. The maximum Gasteiger partial charge on any atom is 0.238 e. The number of morpholine rings is 1. The molecule has 1 heterocycles. The van der Waals surface area contributed by atoms with Gasteiger partial charge in [0.05, 0.1) is 19.8 Å². The van der Waals surface area contributed by atoms with Gasteiger partial charge in [-0.1, -0.05) is 62.4 Å². The lowest BCUT2D eigenvalue weighted by Gasteiger charge is -2.35. The second-order valence-corrected chi connectivity index (χ2v) is 8.89. The fourth-order valence-electron chi connectivity index (χ4n) is 4.16. The van der Waals surface area contributed by atoms with E-state index in [0.717, 1.165) is 50.6 Å². The summed E-state index contributed by atoms with van der Waals surface area (Å²) in [4.78, 5) is 17.9. The summed E-state index contributed by atoms with van der Waals surface area (Å²) in [5.74, 6) is 0.400. The molecule has 0 bridgehead atoms. The predicted octanol–water partition coefficient (Wildman–Crippen LogP) is 4.28. The molecule has 1 unspecified atom stereocenters. The van der Waals surface area contributed by atoms with Crippen molar-refractivity contribution in [3.8, 4) is 0 Å². The third kappa shape index (κ3) is 6.89. The molecule has 1 aliphatic rings. The van der Waals surface area contributed by atoms with Gasteiger partial charge in [0.2, 0.25) is 5.91 Å². The van der Waals surface area contributed by atoms with Crippen LogP contribution in [-0.4, -0.2) is 61.1 Å². The van der Waals surface area contributed by atoms with E-state index < -0.39 is 0 Å². The van der Waals surface area contributed by atoms with E-state index in [1.807, 2.05) is 6.07 Å². The number of rotatable bonds is 9. The Bertz CT molecular complexity index is 832. The van der Waals surface area contributed by atoms with Crippen LogP contribution >= 0.6 is 0 Å². The second-order valence-electron chi connectivity index (χ2n) is 8.89. The molecular formula is C26H37N3O2. The van der Waals surface area contributed by atoms with Crippen molar-refractivity contribution in [1.82, 2.24) is 9.80 Å². The Labute approximate surface area is 187 Å². The van der Waals surface area contributed by atoms with Crippen LogP contribution in [0.2, 0.25) is 0 Å². The van der Waals surface area contributed by atoms with Crippen LogP contribution in [0.4, 0.5) is 5.69 Å². The van der Waals surface area contributed by atoms with E-state index in [1.165, 1.54) is 11.1 Å². The number of hydrogen-bond donors (Lipinski definition) is 1. The van der Waals surface area contributed by atoms with Crippen LogP contribution in [0.25, 0.3) is 0 Å². The quantitative estimate of drug-likeness (QED) is 0.654. The molecule has 2 aromatic carbocycles. The van der Waals surface area contributed by atoms with Crippen molar-refractivity contribution in [2.24, 2.45) is 0 Å². The zero-order valence-corrected chi connectivity index (χ0v) is 19.4. The molecule has 1 saturated heterocycles. The molecule has 1 atom stereocenters. The molecular weight excluding hydrogens is 386 g/mol. The minimum atomic E-state index is 0.0426. The monoisotopic (exact) mass is 423 g/mol. The fraction of sp³-hybridized carbons (Fsp3) is 0.500. The number of amides is 1. The lowest BCUT2D eigenvalue weighted by Crippen LogP contribution is -2.47. The van der Waals surface area contributed by atoms with E-state index >= 15 is 0 Å². The number of aryl methyl sites for hydroxylation is 1. The molecule has 0 spiro atoms. The standard InChI is InChI=1S/C26H37N3O2/c1-20(2)24-12-8-9-21(3)26(24)27-25(30)19-29(18-23-10-6-5-7-11-23)22(4)17-28-13-15-31-16-14-28/h5-12,20,22H,13-19H2,1-4H3,(H,27,30). The van der Waals surface area contributed by atoms with Gasteiger partial charge in [-0.2, -0.15) is 0 Å². The molecule has 1 fully saturated rings. The summed E-state index contributed by atoms with van der Waals surface area (Å²) in [5, 5.41) is 3.22. The van der Waals surface area contributed by atoms with Crippen LogP contribution in [0.3, 0.4) is 0 Å². The largest absolute Gasteiger partial charge is 0.379 e. The SMILES string of the molecule is Cc1cccc(C(C)C)c1NC(=O)CN(Cc1ccccc1)C(C)CN1CCOCC1. The van der Waals surface area contributed by atoms with Crippen molar-refractivity contribution in [3.05, 3.63) is 65.2 Å². The second kappa shape index (κ2) is 11.4. The van der Waals surface area contributed by atoms with Gasteiger partial charge in [0.1, 0.15) is 0 Å². The lowest BCUT2D eigenvalue weighted by molar-refractivity contribution is -0.118. The van der Waals surface area contributed by atoms with Crippen molar-refractivity contribution in [2.45, 2.75) is 46.2 Å². The molecule has 3 rings (SSSR count). The highest BCUT2D eigenvalue weighted by Gasteiger charge is 2.22. The number of nitrogens with one attached hydrogen (secondary N) is 1. The van der Waals surface area contributed by atoms with E-state index in [2.05, 4.69) is 85.3 Å². The number of para-hydroxylation sites is 1. The van der Waals surface area contributed by atoms with Crippen LogP contribution in [0.15, 0.2) is 48.5 Å². The molecule has 1 aliphatic heterocycles. The normalized spacial score (nSPS) is 15.9. The van der Waals surface area contributed by atoms with Crippen molar-refractivity contribution in [1.29, 1.82) is 0 Å². The molecule has 0 aromatic heterocycles. The van der Waals surface area contributed by atoms with Gasteiger partial charge in [-0.05, 0) is 36.5 Å². The first-order chi connectivity index (χ1) is 14.9. The van der Waals surface area contributed by atoms with E-state index in [0.29, 0.717) is 12.5 Å². The maximum atomic E-state index is 13.2. The van der Waals surface area contributed by atoms with Crippen LogP contribution in [0, 0.1) is 6.92 Å². The van der Waals surface area contributed by atoms with Crippen molar-refractivity contribution < 1.29 is 9.53 Å². The van der Waals surface area contributed by atoms with Gasteiger partial charge < -0.3 is 10.1 Å². The summed E-state index contributed by atoms with van der Waals surface area (Å²) in [6.07, 6.45) is 0. The van der Waals surface area contributed by atoms with Crippen molar-refractivity contribution in [3.63, 3.8) is 0 Å². The number of hydrogen-bond acceptors (Lipinski definition) is 4. The minimum Gasteiger partial charge on any atom is -0.379 e. The highest BCUT2D eigenvalue weighted by atomic mass is 16.5. The zero-order chi connectivity index (χ0) is 22.2. The Morgan fingerprint density at radius 1 is 1.06 bits per heavy atom. The third-order valence-corrected chi connectivity index (χ3v) is 6.02. The van der Waals surface area contributed by atoms with Gasteiger partial charge in [0.15, 0.2) is 0 Å². The van der Waals surface area contributed by atoms with E-state index in [4.69, 9.17) is 4.74 Å². The van der Waals surface area contributed by atoms with Gasteiger partial charge in [-0.3, -0.25) is 14.6 Å². The summed E-state index contributed by atoms with van der Waals surface area (Å²) in [5.41, 5.74) is 4.48. The number of anilines is 1. The van der Waals surface area contributed by atoms with Gasteiger partial charge in [-0.25, -0.2) is 0 Å². The first-order valence-electron chi connectivity index (χ1n) is 11.4. The van der Waals surface area contributed by atoms with Gasteiger partial charge in [-0.15, -0.1) is 0 Å². The molecule has 1 amide bonds. The zero-order valence-electron chi connectivity index (χ0n) is 19.4. The first-order valence-corrected chi connectivity index (χ1v) is 11.4. The summed E-state index contributed by atoms with van der Waals surface area (Å²) in [7, 11) is 0. The smallest absolute Gasteiger partial charge is 0.238 e. The predicted molar refractivity (Wildman–Crippen MR) is 127 cm³/mol. The third-order valence-electron chi connectivity index (χ3n) is 6.02. The van der Waals surface area contributed by atoms with Gasteiger partial charge in [0, 0.05) is 37.9 Å². The molecule has 31 heavy (non-hydrogen) atoms. The summed E-state index contributed by atoms with van der Waals surface area (Å²) in [6.45, 7) is 14.2. The number of nitrogens with zero attached hydrogens (tertiary/aromatic N) is 2. The Morgan fingerprint density at radius 2 is 1.77 bits per heavy atom. The molecule has 2 aromatic rings. The Hall–Kier alpha value is -2.21. The van der Waals surface area contributed by atoms with E-state index in [9.17, 15) is 4.79 Å². The molecule has 1 N–H and O–H groups in total. The van der Waals surface area contributed by atoms with Crippen LogP contribution < -0.4 is 5.32 Å². The molecule has 0 aliphatic carbocycles. The van der Waals surface area contributed by atoms with Crippen LogP contribution in [0.1, 0.15) is 43.4 Å². The Balaban J connectivity index is 1.72. The average molecular weight is 424 g/mol. The van der Waals surface area contributed by atoms with Crippen molar-refractivity contribution in [2.75, 3.05) is 44.7 Å². The van der Waals surface area contributed by atoms with Crippen LogP contribution in [0.5, 0.6) is 0 Å². The number of carbonyl (C=O) groups excluding carboxylic acids is 1. The lowest BCUT2D eigenvalue weighted by atomic mass is 9.98. The topological polar surface area (TPSA) is 44.8 Å². The van der Waals surface area contributed by atoms with Crippen molar-refractivity contribution >= 4 is 11.6 Å². The molecule has 0 saturated carbocycles. The minimum absolute atomic E-state index is 0.0426. The average Bonchev–Trinajstić information content (AvgIpc) is 2.76. The van der Waals surface area contributed by atoms with Gasteiger partial charge >= 0.3 is 0 Å². The number of carbonyl (C=O) groups is 1. The van der Waals surface area contributed by atoms with E-state index in [1.54, 1.807) is 0 Å². The first kappa shape index (κ1) is 23.5. The molecule has 0 radical (unpaired) electrons. The van der Waals surface area contributed by atoms with Gasteiger partial charge in [0.25, 0.3) is 0 Å². The fourth-order valence-corrected chi connectivity index (χ4v) is 4.16. The molecule has 5 nitrogen and oxygen atoms in total. The number of benzene rings is 2. The highest BCUT2D eigenvalue weighted by Crippen LogP contribution is 2.27. The Morgan fingerprint density at radius 3 is 2.45 bits per heavy atom. The Kier molecular flexibility index (Phi) is 8.64. The number of ether oxygens (including phenoxy) is 1. The maximum absolute atomic E-state index is 13.2.